The van der Waals surface area contributed by atoms with Crippen molar-refractivity contribution in [2.24, 2.45) is 0 Å². The summed E-state index contributed by atoms with van der Waals surface area (Å²) in [5, 5.41) is 0.666. The largest absolute Gasteiger partial charge is 0.481 e. The molecule has 0 bridgehead atoms. The fourth-order valence-electron chi connectivity index (χ4n) is 2.02. The number of pyridine rings is 1. The lowest BCUT2D eigenvalue weighted by Gasteiger charge is -2.13. The molecular formula is C16H13Cl2NO2. The van der Waals surface area contributed by atoms with Gasteiger partial charge in [-0.05, 0) is 37.3 Å². The van der Waals surface area contributed by atoms with Crippen LogP contribution in [0.4, 0.5) is 0 Å². The first kappa shape index (κ1) is 15.5. The third kappa shape index (κ3) is 3.24. The molecule has 5 heteroatoms. The molecule has 0 fully saturated rings. The Morgan fingerprint density at radius 1 is 1.24 bits per heavy atom. The second-order valence-electron chi connectivity index (χ2n) is 4.25. The van der Waals surface area contributed by atoms with E-state index in [-0.39, 0.29) is 17.2 Å². The topological polar surface area (TPSA) is 31.2 Å². The van der Waals surface area contributed by atoms with E-state index >= 15 is 0 Å². The molecule has 0 aliphatic carbocycles. The number of aromatic nitrogens is 1. The molecule has 0 saturated heterocycles. The Kier molecular flexibility index (Phi) is 4.95. The highest BCUT2D eigenvalue weighted by atomic mass is 35.5. The van der Waals surface area contributed by atoms with Gasteiger partial charge in [0.25, 0.3) is 5.56 Å². The van der Waals surface area contributed by atoms with E-state index in [1.54, 1.807) is 34.9 Å². The van der Waals surface area contributed by atoms with E-state index in [1.807, 2.05) is 6.92 Å². The maximum Gasteiger partial charge on any atom is 0.269 e. The molecule has 2 aromatic rings. The normalized spacial score (nSPS) is 10.2. The third-order valence-corrected chi connectivity index (χ3v) is 3.58. The minimum absolute atomic E-state index is 0.177. The highest BCUT2D eigenvalue weighted by molar-refractivity contribution is 6.33. The fraction of sp³-hybridized carbons (Fsp3) is 0.188. The molecular weight excluding hydrogens is 309 g/mol. The molecule has 0 radical (unpaired) electrons. The number of nitrogens with zero attached hydrogens (tertiary/aromatic N) is 1. The van der Waals surface area contributed by atoms with Crippen LogP contribution in [0.2, 0.25) is 10.0 Å². The lowest BCUT2D eigenvalue weighted by molar-refractivity contribution is 0.370. The number of terminal acetylenes is 1. The molecule has 108 valence electrons. The van der Waals surface area contributed by atoms with Crippen LogP contribution in [0, 0.1) is 12.3 Å². The molecule has 0 unspecified atom stereocenters. The zero-order valence-electron chi connectivity index (χ0n) is 11.4. The molecule has 0 saturated carbocycles. The van der Waals surface area contributed by atoms with Gasteiger partial charge in [0.2, 0.25) is 0 Å². The summed E-state index contributed by atoms with van der Waals surface area (Å²) in [6.45, 7) is 2.55. The van der Waals surface area contributed by atoms with Crippen molar-refractivity contribution in [3.63, 3.8) is 0 Å². The number of hydrogen-bond donors (Lipinski definition) is 0. The van der Waals surface area contributed by atoms with Gasteiger partial charge in [-0.15, -0.1) is 6.42 Å². The van der Waals surface area contributed by atoms with Crippen molar-refractivity contribution in [2.75, 3.05) is 6.61 Å². The van der Waals surface area contributed by atoms with Gasteiger partial charge in [-0.2, -0.15) is 0 Å². The molecule has 3 nitrogen and oxygen atoms in total. The van der Waals surface area contributed by atoms with E-state index in [0.717, 1.165) is 5.56 Å². The minimum atomic E-state index is -0.236. The Hall–Kier alpha value is -1.89. The van der Waals surface area contributed by atoms with Gasteiger partial charge in [-0.3, -0.25) is 4.79 Å². The van der Waals surface area contributed by atoms with Crippen LogP contribution in [0.1, 0.15) is 6.92 Å². The first-order chi connectivity index (χ1) is 10.1. The summed E-state index contributed by atoms with van der Waals surface area (Å²) in [6, 6.07) is 8.58. The van der Waals surface area contributed by atoms with E-state index in [9.17, 15) is 4.79 Å². The molecule has 0 atom stereocenters. The molecule has 1 aromatic carbocycles. The monoisotopic (exact) mass is 321 g/mol. The quantitative estimate of drug-likeness (QED) is 0.801. The maximum absolute atomic E-state index is 12.1. The number of ether oxygens (including phenoxy) is 1. The van der Waals surface area contributed by atoms with Crippen LogP contribution >= 0.6 is 23.2 Å². The third-order valence-electron chi connectivity index (χ3n) is 2.98. The first-order valence-electron chi connectivity index (χ1n) is 6.34. The van der Waals surface area contributed by atoms with Gasteiger partial charge in [0.05, 0.1) is 10.7 Å². The molecule has 0 amide bonds. The van der Waals surface area contributed by atoms with Crippen LogP contribution in [0.15, 0.2) is 35.1 Å². The molecule has 1 heterocycles. The second kappa shape index (κ2) is 6.71. The number of benzene rings is 1. The van der Waals surface area contributed by atoms with Crippen molar-refractivity contribution in [1.82, 2.24) is 4.57 Å². The van der Waals surface area contributed by atoms with Crippen LogP contribution < -0.4 is 10.3 Å². The van der Waals surface area contributed by atoms with Crippen LogP contribution in [0.3, 0.4) is 0 Å². The molecule has 0 N–H and O–H groups in total. The average Bonchev–Trinajstić information content (AvgIpc) is 2.48. The summed E-state index contributed by atoms with van der Waals surface area (Å²) in [7, 11) is 0. The van der Waals surface area contributed by atoms with E-state index in [1.165, 1.54) is 0 Å². The maximum atomic E-state index is 12.1. The predicted octanol–water partition coefficient (Wildman–Crippen LogP) is 3.85. The van der Waals surface area contributed by atoms with E-state index in [0.29, 0.717) is 23.0 Å². The van der Waals surface area contributed by atoms with Gasteiger partial charge < -0.3 is 9.30 Å². The summed E-state index contributed by atoms with van der Waals surface area (Å²) < 4.78 is 6.89. The second-order valence-corrected chi connectivity index (χ2v) is 5.06. The van der Waals surface area contributed by atoms with Crippen molar-refractivity contribution in [3.8, 4) is 29.4 Å². The molecule has 0 spiro atoms. The smallest absolute Gasteiger partial charge is 0.269 e. The minimum Gasteiger partial charge on any atom is -0.481 e. The zero-order valence-corrected chi connectivity index (χ0v) is 12.9. The van der Waals surface area contributed by atoms with Crippen LogP contribution in [-0.2, 0) is 6.54 Å². The standard InChI is InChI=1S/C16H13Cl2NO2/c1-3-9-21-11-5-6-12(14(18)10-11)15-8-7-13(17)16(20)19(15)4-2/h1,5-8,10H,4,9H2,2H3. The predicted molar refractivity (Wildman–Crippen MR) is 86.2 cm³/mol. The Morgan fingerprint density at radius 3 is 2.62 bits per heavy atom. The Bertz CT molecular complexity index is 760. The van der Waals surface area contributed by atoms with Gasteiger partial charge in [0, 0.05) is 12.1 Å². The van der Waals surface area contributed by atoms with Gasteiger partial charge in [0.15, 0.2) is 0 Å². The summed E-state index contributed by atoms with van der Waals surface area (Å²) in [6.07, 6.45) is 5.15. The SMILES string of the molecule is C#CCOc1ccc(-c2ccc(Cl)c(=O)n2CC)c(Cl)c1. The lowest BCUT2D eigenvalue weighted by Crippen LogP contribution is -2.21. The Labute approximate surface area is 133 Å². The van der Waals surface area contributed by atoms with Gasteiger partial charge >= 0.3 is 0 Å². The highest BCUT2D eigenvalue weighted by Crippen LogP contribution is 2.31. The van der Waals surface area contributed by atoms with E-state index in [2.05, 4.69) is 5.92 Å². The van der Waals surface area contributed by atoms with Crippen molar-refractivity contribution in [2.45, 2.75) is 13.5 Å². The van der Waals surface area contributed by atoms with E-state index in [4.69, 9.17) is 34.4 Å². The van der Waals surface area contributed by atoms with Crippen molar-refractivity contribution in [3.05, 3.63) is 50.7 Å². The van der Waals surface area contributed by atoms with Gasteiger partial charge in [-0.25, -0.2) is 0 Å². The Morgan fingerprint density at radius 2 is 2.00 bits per heavy atom. The zero-order chi connectivity index (χ0) is 15.4. The van der Waals surface area contributed by atoms with Crippen LogP contribution in [0.25, 0.3) is 11.3 Å². The molecule has 1 aromatic heterocycles. The van der Waals surface area contributed by atoms with Gasteiger partial charge in [0.1, 0.15) is 17.4 Å². The number of rotatable bonds is 4. The van der Waals surface area contributed by atoms with Crippen molar-refractivity contribution < 1.29 is 4.74 Å². The lowest BCUT2D eigenvalue weighted by atomic mass is 10.1. The molecule has 2 rings (SSSR count). The van der Waals surface area contributed by atoms with Crippen LogP contribution in [-0.4, -0.2) is 11.2 Å². The number of halogens is 2. The Balaban J connectivity index is 2.51. The number of hydrogen-bond acceptors (Lipinski definition) is 2. The van der Waals surface area contributed by atoms with Gasteiger partial charge in [-0.1, -0.05) is 29.1 Å². The fourth-order valence-corrected chi connectivity index (χ4v) is 2.45. The summed E-state index contributed by atoms with van der Waals surface area (Å²) in [5.74, 6) is 2.97. The highest BCUT2D eigenvalue weighted by Gasteiger charge is 2.11. The van der Waals surface area contributed by atoms with E-state index < -0.39 is 0 Å². The van der Waals surface area contributed by atoms with Crippen molar-refractivity contribution in [1.29, 1.82) is 0 Å². The average molecular weight is 322 g/mol. The van der Waals surface area contributed by atoms with Crippen molar-refractivity contribution >= 4 is 23.2 Å². The summed E-state index contributed by atoms with van der Waals surface area (Å²) in [5.41, 5.74) is 1.21. The molecule has 0 aliphatic heterocycles. The molecule has 0 aliphatic rings. The van der Waals surface area contributed by atoms with Crippen LogP contribution in [0.5, 0.6) is 5.75 Å². The molecule has 21 heavy (non-hydrogen) atoms. The summed E-state index contributed by atoms with van der Waals surface area (Å²) in [4.78, 5) is 12.1. The first-order valence-corrected chi connectivity index (χ1v) is 7.09. The summed E-state index contributed by atoms with van der Waals surface area (Å²) >= 11 is 12.2.